The Kier molecular flexibility index (Phi) is 8.60. The molecule has 0 spiro atoms. The summed E-state index contributed by atoms with van der Waals surface area (Å²) in [4.78, 5) is 13.6. The highest BCUT2D eigenvalue weighted by Gasteiger charge is 2.44. The number of benzene rings is 2. The zero-order chi connectivity index (χ0) is 21.3. The van der Waals surface area contributed by atoms with Gasteiger partial charge in [0.25, 0.3) is 0 Å². The Labute approximate surface area is 179 Å². The predicted octanol–water partition coefficient (Wildman–Crippen LogP) is 4.72. The molecular weight excluding hydrogens is 382 g/mol. The van der Waals surface area contributed by atoms with E-state index in [1.165, 1.54) is 0 Å². The maximum atomic E-state index is 13.6. The lowest BCUT2D eigenvalue weighted by Gasteiger charge is -2.34. The van der Waals surface area contributed by atoms with Crippen molar-refractivity contribution in [2.75, 3.05) is 46.2 Å². The molecule has 0 aliphatic rings. The van der Waals surface area contributed by atoms with Crippen molar-refractivity contribution < 1.29 is 18.8 Å². The second-order valence-electron chi connectivity index (χ2n) is 7.32. The number of quaternary nitrogens is 1. The molecule has 0 aliphatic carbocycles. The number of hydrogen-bond acceptors (Lipinski definition) is 4. The monoisotopic (exact) mass is 416 g/mol. The minimum atomic E-state index is -0.899. The smallest absolute Gasteiger partial charge is 0.331 e. The van der Waals surface area contributed by atoms with Gasteiger partial charge in [0.2, 0.25) is 0 Å². The number of ether oxygens (including phenoxy) is 2. The fourth-order valence-electron chi connectivity index (χ4n) is 3.34. The molecule has 0 saturated carbocycles. The summed E-state index contributed by atoms with van der Waals surface area (Å²) in [6, 6.07) is 17.7. The fraction of sp³-hybridized carbons (Fsp3) is 0.458. The number of carbonyl (C=O) groups excluding carboxylic acids is 1. The summed E-state index contributed by atoms with van der Waals surface area (Å²) in [7, 11) is 3.84. The van der Waals surface area contributed by atoms with Crippen LogP contribution in [0.5, 0.6) is 5.75 Å². The minimum Gasteiger partial charge on any atom is -0.497 e. The summed E-state index contributed by atoms with van der Waals surface area (Å²) in [5.74, 6) is 1.34. The van der Waals surface area contributed by atoms with Gasteiger partial charge in [-0.3, -0.25) is 0 Å². The van der Waals surface area contributed by atoms with Crippen LogP contribution in [0.1, 0.15) is 31.9 Å². The van der Waals surface area contributed by atoms with Crippen molar-refractivity contribution >= 4 is 17.7 Å². The Morgan fingerprint density at radius 2 is 1.55 bits per heavy atom. The summed E-state index contributed by atoms with van der Waals surface area (Å²) in [5, 5.41) is 0. The maximum absolute atomic E-state index is 13.6. The zero-order valence-corrected chi connectivity index (χ0v) is 19.1. The van der Waals surface area contributed by atoms with E-state index < -0.39 is 4.75 Å². The first-order valence-corrected chi connectivity index (χ1v) is 11.3. The second kappa shape index (κ2) is 10.7. The molecule has 0 radical (unpaired) electrons. The summed E-state index contributed by atoms with van der Waals surface area (Å²) in [6.45, 7) is 9.66. The second-order valence-corrected chi connectivity index (χ2v) is 8.80. The molecule has 0 N–H and O–H groups in total. The van der Waals surface area contributed by atoms with Crippen molar-refractivity contribution in [3.8, 4) is 5.75 Å². The van der Waals surface area contributed by atoms with Crippen LogP contribution in [0.15, 0.2) is 54.6 Å². The number of likely N-dealkylation sites (N-methyl/N-ethyl adjacent to an activating group) is 1. The zero-order valence-electron chi connectivity index (χ0n) is 18.3. The molecule has 0 fully saturated rings. The minimum absolute atomic E-state index is 0.209. The van der Waals surface area contributed by atoms with Crippen molar-refractivity contribution in [1.82, 2.24) is 0 Å². The third-order valence-corrected chi connectivity index (χ3v) is 7.08. The molecule has 0 aliphatic heterocycles. The van der Waals surface area contributed by atoms with Gasteiger partial charge >= 0.3 is 5.97 Å². The molecule has 5 heteroatoms. The van der Waals surface area contributed by atoms with E-state index in [1.807, 2.05) is 54.6 Å². The van der Waals surface area contributed by atoms with Gasteiger partial charge in [0.15, 0.2) is 4.75 Å². The molecule has 2 rings (SSSR count). The third-order valence-electron chi connectivity index (χ3n) is 5.72. The van der Waals surface area contributed by atoms with Gasteiger partial charge in [-0.25, -0.2) is 4.79 Å². The van der Waals surface area contributed by atoms with E-state index in [4.69, 9.17) is 9.47 Å². The average Bonchev–Trinajstić information content (AvgIpc) is 2.78. The van der Waals surface area contributed by atoms with E-state index >= 15 is 0 Å². The number of carbonyl (C=O) groups is 1. The number of thioether (sulfide) groups is 1. The SMILES string of the molecule is CCSC(C(=O)OCC[N+](C)(CC)CC)(c1ccccc1)c1ccc(OC)cc1. The molecule has 1 unspecified atom stereocenters. The first kappa shape index (κ1) is 23.3. The Hall–Kier alpha value is -1.98. The molecular formula is C24H34NO3S+. The third kappa shape index (κ3) is 5.34. The Balaban J connectivity index is 2.41. The lowest BCUT2D eigenvalue weighted by molar-refractivity contribution is -0.906. The number of hydrogen-bond donors (Lipinski definition) is 0. The molecule has 0 saturated heterocycles. The lowest BCUT2D eigenvalue weighted by Crippen LogP contribution is -2.47. The van der Waals surface area contributed by atoms with Crippen molar-refractivity contribution in [3.05, 3.63) is 65.7 Å². The van der Waals surface area contributed by atoms with Gasteiger partial charge in [-0.2, -0.15) is 0 Å². The van der Waals surface area contributed by atoms with Crippen LogP contribution < -0.4 is 4.74 Å². The highest BCUT2D eigenvalue weighted by atomic mass is 32.2. The number of nitrogens with zero attached hydrogens (tertiary/aromatic N) is 1. The molecule has 1 atom stereocenters. The van der Waals surface area contributed by atoms with Crippen molar-refractivity contribution in [2.24, 2.45) is 0 Å². The van der Waals surface area contributed by atoms with E-state index in [0.29, 0.717) is 6.61 Å². The van der Waals surface area contributed by atoms with Gasteiger partial charge in [0.1, 0.15) is 18.9 Å². The van der Waals surface area contributed by atoms with E-state index in [1.54, 1.807) is 18.9 Å². The van der Waals surface area contributed by atoms with Crippen LogP contribution in [0.2, 0.25) is 0 Å². The van der Waals surface area contributed by atoms with E-state index in [0.717, 1.165) is 46.7 Å². The summed E-state index contributed by atoms with van der Waals surface area (Å²) >= 11 is 1.60. The molecule has 0 amide bonds. The molecule has 0 bridgehead atoms. The highest BCUT2D eigenvalue weighted by Crippen LogP contribution is 2.44. The molecule has 0 heterocycles. The van der Waals surface area contributed by atoms with E-state index in [-0.39, 0.29) is 5.97 Å². The van der Waals surface area contributed by atoms with Crippen LogP contribution in [-0.2, 0) is 14.3 Å². The van der Waals surface area contributed by atoms with Gasteiger partial charge < -0.3 is 14.0 Å². The van der Waals surface area contributed by atoms with Crippen LogP contribution in [-0.4, -0.2) is 56.6 Å². The van der Waals surface area contributed by atoms with Crippen molar-refractivity contribution in [2.45, 2.75) is 25.5 Å². The quantitative estimate of drug-likeness (QED) is 0.392. The van der Waals surface area contributed by atoms with Gasteiger partial charge in [0, 0.05) is 0 Å². The summed E-state index contributed by atoms with van der Waals surface area (Å²) in [5.41, 5.74) is 1.84. The standard InChI is InChI=1S/C24H34NO3S/c1-6-25(4,7-2)18-19-28-23(26)24(29-8-3,20-12-10-9-11-13-20)21-14-16-22(27-5)17-15-21/h9-17H,6-8,18-19H2,1-5H3/q+1. The molecule has 2 aromatic carbocycles. The van der Waals surface area contributed by atoms with E-state index in [2.05, 4.69) is 27.8 Å². The van der Waals surface area contributed by atoms with Gasteiger partial charge in [0.05, 0.1) is 27.2 Å². The maximum Gasteiger partial charge on any atom is 0.331 e. The largest absolute Gasteiger partial charge is 0.497 e. The molecule has 4 nitrogen and oxygen atoms in total. The summed E-state index contributed by atoms with van der Waals surface area (Å²) in [6.07, 6.45) is 0. The Morgan fingerprint density at radius 1 is 0.966 bits per heavy atom. The highest BCUT2D eigenvalue weighted by molar-refractivity contribution is 8.01. The van der Waals surface area contributed by atoms with Crippen LogP contribution >= 0.6 is 11.8 Å². The van der Waals surface area contributed by atoms with Gasteiger partial charge in [-0.1, -0.05) is 49.4 Å². The molecule has 0 aromatic heterocycles. The Morgan fingerprint density at radius 3 is 2.07 bits per heavy atom. The fourth-order valence-corrected chi connectivity index (χ4v) is 4.56. The van der Waals surface area contributed by atoms with Gasteiger partial charge in [-0.15, -0.1) is 11.8 Å². The number of esters is 1. The Bertz CT molecular complexity index is 759. The number of methoxy groups -OCH3 is 1. The van der Waals surface area contributed by atoms with Crippen molar-refractivity contribution in [3.63, 3.8) is 0 Å². The molecule has 2 aromatic rings. The lowest BCUT2D eigenvalue weighted by atomic mass is 9.90. The van der Waals surface area contributed by atoms with Crippen LogP contribution in [0.25, 0.3) is 0 Å². The topological polar surface area (TPSA) is 35.5 Å². The van der Waals surface area contributed by atoms with E-state index in [9.17, 15) is 4.79 Å². The molecule has 29 heavy (non-hydrogen) atoms. The first-order chi connectivity index (χ1) is 14.0. The van der Waals surface area contributed by atoms with Crippen LogP contribution in [0.4, 0.5) is 0 Å². The number of rotatable bonds is 11. The molecule has 158 valence electrons. The first-order valence-electron chi connectivity index (χ1n) is 10.3. The normalized spacial score (nSPS) is 13.6. The summed E-state index contributed by atoms with van der Waals surface area (Å²) < 4.78 is 11.2. The average molecular weight is 417 g/mol. The predicted molar refractivity (Wildman–Crippen MR) is 121 cm³/mol. The van der Waals surface area contributed by atoms with Gasteiger partial charge in [-0.05, 0) is 42.9 Å². The van der Waals surface area contributed by atoms with Crippen molar-refractivity contribution in [1.29, 1.82) is 0 Å². The van der Waals surface area contributed by atoms with Crippen LogP contribution in [0.3, 0.4) is 0 Å². The van der Waals surface area contributed by atoms with Crippen LogP contribution in [0, 0.1) is 0 Å².